The third-order valence-corrected chi connectivity index (χ3v) is 5.51. The standard InChI is InChI=1S/C14H19NO5S/c16-14(17)13(11-4-2-1-3-5-11)10-15-21(18,19)12-6-8-20-9-7-12/h1-5,12-13,15H,6-10H2,(H,16,17). The van der Waals surface area contributed by atoms with Gasteiger partial charge < -0.3 is 9.84 Å². The fourth-order valence-corrected chi connectivity index (χ4v) is 3.78. The van der Waals surface area contributed by atoms with Crippen molar-refractivity contribution in [2.75, 3.05) is 19.8 Å². The molecule has 7 heteroatoms. The van der Waals surface area contributed by atoms with Crippen molar-refractivity contribution in [1.29, 1.82) is 0 Å². The van der Waals surface area contributed by atoms with Crippen molar-refractivity contribution >= 4 is 16.0 Å². The largest absolute Gasteiger partial charge is 0.481 e. The van der Waals surface area contributed by atoms with Gasteiger partial charge in [-0.2, -0.15) is 0 Å². The molecule has 0 spiro atoms. The number of aliphatic carboxylic acids is 1. The molecule has 2 N–H and O–H groups in total. The average Bonchev–Trinajstić information content (AvgIpc) is 2.49. The molecule has 0 amide bonds. The van der Waals surface area contributed by atoms with Gasteiger partial charge in [0.1, 0.15) is 0 Å². The number of carbonyl (C=O) groups is 1. The maximum absolute atomic E-state index is 12.2. The fraction of sp³-hybridized carbons (Fsp3) is 0.500. The Morgan fingerprint density at radius 2 is 1.90 bits per heavy atom. The summed E-state index contributed by atoms with van der Waals surface area (Å²) in [5, 5.41) is 8.78. The highest BCUT2D eigenvalue weighted by Gasteiger charge is 2.29. The Bertz CT molecular complexity index is 566. The van der Waals surface area contributed by atoms with Crippen molar-refractivity contribution in [3.63, 3.8) is 0 Å². The van der Waals surface area contributed by atoms with Crippen molar-refractivity contribution in [1.82, 2.24) is 4.72 Å². The second kappa shape index (κ2) is 7.02. The SMILES string of the molecule is O=C(O)C(CNS(=O)(=O)C1CCOCC1)c1ccccc1. The summed E-state index contributed by atoms with van der Waals surface area (Å²) in [6, 6.07) is 8.62. The van der Waals surface area contributed by atoms with Gasteiger partial charge in [0.25, 0.3) is 0 Å². The highest BCUT2D eigenvalue weighted by molar-refractivity contribution is 7.90. The molecule has 1 unspecified atom stereocenters. The third-order valence-electron chi connectivity index (χ3n) is 3.60. The number of benzene rings is 1. The normalized spacial score (nSPS) is 18.3. The molecular weight excluding hydrogens is 294 g/mol. The quantitative estimate of drug-likeness (QED) is 0.816. The first kappa shape index (κ1) is 15.9. The molecule has 0 bridgehead atoms. The van der Waals surface area contributed by atoms with Gasteiger partial charge in [0, 0.05) is 19.8 Å². The van der Waals surface area contributed by atoms with Crippen LogP contribution in [-0.4, -0.2) is 44.5 Å². The van der Waals surface area contributed by atoms with Crippen LogP contribution in [0.4, 0.5) is 0 Å². The number of carboxylic acids is 1. The minimum absolute atomic E-state index is 0.140. The first-order valence-electron chi connectivity index (χ1n) is 6.84. The zero-order valence-electron chi connectivity index (χ0n) is 11.6. The third kappa shape index (κ3) is 4.26. The molecule has 0 aromatic heterocycles. The van der Waals surface area contributed by atoms with E-state index in [1.54, 1.807) is 30.3 Å². The molecular formula is C14H19NO5S. The number of ether oxygens (including phenoxy) is 1. The maximum atomic E-state index is 12.2. The van der Waals surface area contributed by atoms with E-state index in [9.17, 15) is 18.3 Å². The van der Waals surface area contributed by atoms with E-state index in [0.29, 0.717) is 31.6 Å². The van der Waals surface area contributed by atoms with Crippen LogP contribution in [0.15, 0.2) is 30.3 Å². The van der Waals surface area contributed by atoms with Gasteiger partial charge >= 0.3 is 5.97 Å². The van der Waals surface area contributed by atoms with E-state index >= 15 is 0 Å². The topological polar surface area (TPSA) is 92.7 Å². The summed E-state index contributed by atoms with van der Waals surface area (Å²) >= 11 is 0. The summed E-state index contributed by atoms with van der Waals surface area (Å²) in [4.78, 5) is 11.3. The molecule has 1 aliphatic rings. The second-order valence-electron chi connectivity index (χ2n) is 5.01. The molecule has 1 aliphatic heterocycles. The molecule has 0 radical (unpaired) electrons. The smallest absolute Gasteiger partial charge is 0.312 e. The number of hydrogen-bond donors (Lipinski definition) is 2. The molecule has 21 heavy (non-hydrogen) atoms. The first-order chi connectivity index (χ1) is 10.0. The molecule has 1 aromatic carbocycles. The van der Waals surface area contributed by atoms with Crippen molar-refractivity contribution in [2.24, 2.45) is 0 Å². The summed E-state index contributed by atoms with van der Waals surface area (Å²) < 4.78 is 32.0. The summed E-state index contributed by atoms with van der Waals surface area (Å²) in [7, 11) is -3.51. The van der Waals surface area contributed by atoms with Crippen molar-refractivity contribution in [3.05, 3.63) is 35.9 Å². The van der Waals surface area contributed by atoms with Crippen LogP contribution in [0, 0.1) is 0 Å². The molecule has 0 saturated carbocycles. The Labute approximate surface area is 124 Å². The predicted octanol–water partition coefficient (Wildman–Crippen LogP) is 0.953. The summed E-state index contributed by atoms with van der Waals surface area (Å²) in [5.74, 6) is -1.93. The molecule has 116 valence electrons. The number of sulfonamides is 1. The number of hydrogen-bond acceptors (Lipinski definition) is 4. The Morgan fingerprint density at radius 3 is 2.48 bits per heavy atom. The number of rotatable bonds is 6. The van der Waals surface area contributed by atoms with Crippen molar-refractivity contribution in [2.45, 2.75) is 24.0 Å². The molecule has 2 rings (SSSR count). The molecule has 1 saturated heterocycles. The van der Waals surface area contributed by atoms with Crippen LogP contribution in [0.1, 0.15) is 24.3 Å². The summed E-state index contributed by atoms with van der Waals surface area (Å²) in [5.41, 5.74) is 0.583. The van der Waals surface area contributed by atoms with Crippen molar-refractivity contribution in [3.8, 4) is 0 Å². The van der Waals surface area contributed by atoms with Gasteiger partial charge in [0.05, 0.1) is 11.2 Å². The second-order valence-corrected chi connectivity index (χ2v) is 7.05. The van der Waals surface area contributed by atoms with Crippen molar-refractivity contribution < 1.29 is 23.1 Å². The van der Waals surface area contributed by atoms with Crippen LogP contribution < -0.4 is 4.72 Å². The Balaban J connectivity index is 2.03. The van der Waals surface area contributed by atoms with Crippen LogP contribution in [-0.2, 0) is 19.6 Å². The molecule has 6 nitrogen and oxygen atoms in total. The Kier molecular flexibility index (Phi) is 5.33. The van der Waals surface area contributed by atoms with Gasteiger partial charge in [0.2, 0.25) is 10.0 Å². The van der Waals surface area contributed by atoms with Crippen LogP contribution in [0.2, 0.25) is 0 Å². The molecule has 0 aliphatic carbocycles. The highest BCUT2D eigenvalue weighted by Crippen LogP contribution is 2.18. The highest BCUT2D eigenvalue weighted by atomic mass is 32.2. The molecule has 1 atom stereocenters. The Hall–Kier alpha value is -1.44. The van der Waals surface area contributed by atoms with E-state index < -0.39 is 27.2 Å². The van der Waals surface area contributed by atoms with Gasteiger partial charge in [-0.15, -0.1) is 0 Å². The minimum atomic E-state index is -3.51. The molecule has 1 aromatic rings. The van der Waals surface area contributed by atoms with Gasteiger partial charge in [-0.3, -0.25) is 4.79 Å². The number of nitrogens with one attached hydrogen (secondary N) is 1. The van der Waals surface area contributed by atoms with Crippen LogP contribution in [0.25, 0.3) is 0 Å². The van der Waals surface area contributed by atoms with E-state index in [4.69, 9.17) is 4.74 Å². The average molecular weight is 313 g/mol. The predicted molar refractivity (Wildman–Crippen MR) is 77.6 cm³/mol. The van der Waals surface area contributed by atoms with Crippen LogP contribution in [0.3, 0.4) is 0 Å². The Morgan fingerprint density at radius 1 is 1.29 bits per heavy atom. The van der Waals surface area contributed by atoms with Crippen LogP contribution >= 0.6 is 0 Å². The molecule has 1 heterocycles. The van der Waals surface area contributed by atoms with E-state index in [1.165, 1.54) is 0 Å². The van der Waals surface area contributed by atoms with Gasteiger partial charge in [-0.05, 0) is 18.4 Å². The summed E-state index contributed by atoms with van der Waals surface area (Å²) in [6.07, 6.45) is 0.886. The first-order valence-corrected chi connectivity index (χ1v) is 8.39. The lowest BCUT2D eigenvalue weighted by Gasteiger charge is -2.23. The lowest BCUT2D eigenvalue weighted by Crippen LogP contribution is -2.40. The zero-order valence-corrected chi connectivity index (χ0v) is 12.4. The summed E-state index contributed by atoms with van der Waals surface area (Å²) in [6.45, 7) is 0.707. The molecule has 1 fully saturated rings. The van der Waals surface area contributed by atoms with Gasteiger partial charge in [0.15, 0.2) is 0 Å². The zero-order chi connectivity index (χ0) is 15.3. The van der Waals surface area contributed by atoms with E-state index in [-0.39, 0.29) is 6.54 Å². The van der Waals surface area contributed by atoms with E-state index in [2.05, 4.69) is 4.72 Å². The maximum Gasteiger partial charge on any atom is 0.312 e. The lowest BCUT2D eigenvalue weighted by molar-refractivity contribution is -0.138. The monoisotopic (exact) mass is 313 g/mol. The van der Waals surface area contributed by atoms with Crippen LogP contribution in [0.5, 0.6) is 0 Å². The minimum Gasteiger partial charge on any atom is -0.481 e. The fourth-order valence-electron chi connectivity index (χ4n) is 2.34. The van der Waals surface area contributed by atoms with Gasteiger partial charge in [-0.1, -0.05) is 30.3 Å². The lowest BCUT2D eigenvalue weighted by atomic mass is 10.00. The van der Waals surface area contributed by atoms with E-state index in [0.717, 1.165) is 0 Å². The number of carboxylic acid groups (broad SMARTS) is 1. The van der Waals surface area contributed by atoms with E-state index in [1.807, 2.05) is 0 Å². The van der Waals surface area contributed by atoms with Gasteiger partial charge in [-0.25, -0.2) is 13.1 Å².